The second kappa shape index (κ2) is 6.53. The van der Waals surface area contributed by atoms with Crippen LogP contribution in [0.3, 0.4) is 0 Å². The topological polar surface area (TPSA) is 109 Å². The molecule has 0 spiro atoms. The third-order valence-corrected chi connectivity index (χ3v) is 2.38. The molecule has 1 heterocycles. The molecule has 0 aliphatic rings. The summed E-state index contributed by atoms with van der Waals surface area (Å²) in [5, 5.41) is 19.0. The highest BCUT2D eigenvalue weighted by Crippen LogP contribution is 2.21. The Labute approximate surface area is 110 Å². The highest BCUT2D eigenvalue weighted by molar-refractivity contribution is 5.83. The van der Waals surface area contributed by atoms with Gasteiger partial charge in [0.15, 0.2) is 0 Å². The number of hydrogen-bond acceptors (Lipinski definition) is 6. The van der Waals surface area contributed by atoms with Crippen molar-refractivity contribution < 1.29 is 9.72 Å². The molecule has 0 aliphatic heterocycles. The number of pyridine rings is 1. The van der Waals surface area contributed by atoms with Crippen molar-refractivity contribution in [3.05, 3.63) is 22.2 Å². The molecule has 1 aromatic heterocycles. The predicted octanol–water partition coefficient (Wildman–Crippen LogP) is 0.968. The number of amides is 1. The summed E-state index contributed by atoms with van der Waals surface area (Å²) in [6.45, 7) is 4.10. The van der Waals surface area contributed by atoms with Gasteiger partial charge < -0.3 is 16.0 Å². The lowest BCUT2D eigenvalue weighted by atomic mass is 10.3. The van der Waals surface area contributed by atoms with Crippen LogP contribution in [-0.2, 0) is 4.79 Å². The van der Waals surface area contributed by atoms with E-state index in [2.05, 4.69) is 20.9 Å². The SMILES string of the molecule is CCNc1cc([N+](=O)[O-])cc(NC(C)C(=O)NC)n1. The van der Waals surface area contributed by atoms with Gasteiger partial charge in [0.25, 0.3) is 5.69 Å². The second-order valence-corrected chi connectivity index (χ2v) is 3.86. The molecule has 1 aromatic rings. The van der Waals surface area contributed by atoms with Gasteiger partial charge in [-0.15, -0.1) is 0 Å². The van der Waals surface area contributed by atoms with Crippen molar-refractivity contribution in [3.63, 3.8) is 0 Å². The number of aromatic nitrogens is 1. The Balaban J connectivity index is 2.99. The van der Waals surface area contributed by atoms with Gasteiger partial charge in [-0.25, -0.2) is 4.98 Å². The van der Waals surface area contributed by atoms with Gasteiger partial charge in [-0.3, -0.25) is 14.9 Å². The standard InChI is InChI=1S/C11H17N5O3/c1-4-13-9-5-8(16(18)19)6-10(15-9)14-7(2)11(17)12-3/h5-7H,4H2,1-3H3,(H,12,17)(H2,13,14,15). The smallest absolute Gasteiger partial charge is 0.276 e. The molecule has 8 heteroatoms. The molecule has 0 aliphatic carbocycles. The van der Waals surface area contributed by atoms with Gasteiger partial charge in [0.2, 0.25) is 5.91 Å². The summed E-state index contributed by atoms with van der Waals surface area (Å²) in [5.74, 6) is 0.447. The average molecular weight is 267 g/mol. The van der Waals surface area contributed by atoms with Gasteiger partial charge in [-0.05, 0) is 13.8 Å². The summed E-state index contributed by atoms with van der Waals surface area (Å²) in [7, 11) is 1.52. The number of nitro groups is 1. The lowest BCUT2D eigenvalue weighted by Gasteiger charge is -2.13. The fraction of sp³-hybridized carbons (Fsp3) is 0.455. The molecule has 3 N–H and O–H groups in total. The number of carbonyl (C=O) groups is 1. The molecule has 1 rings (SSSR count). The lowest BCUT2D eigenvalue weighted by Crippen LogP contribution is -2.35. The van der Waals surface area contributed by atoms with E-state index in [0.717, 1.165) is 0 Å². The van der Waals surface area contributed by atoms with Crippen LogP contribution in [0.5, 0.6) is 0 Å². The van der Waals surface area contributed by atoms with Crippen LogP contribution >= 0.6 is 0 Å². The Kier molecular flexibility index (Phi) is 5.04. The molecule has 19 heavy (non-hydrogen) atoms. The molecule has 104 valence electrons. The Morgan fingerprint density at radius 3 is 2.63 bits per heavy atom. The van der Waals surface area contributed by atoms with Crippen LogP contribution in [0.25, 0.3) is 0 Å². The minimum atomic E-state index is -0.533. The van der Waals surface area contributed by atoms with Gasteiger partial charge >= 0.3 is 0 Å². The van der Waals surface area contributed by atoms with Crippen molar-refractivity contribution in [2.75, 3.05) is 24.2 Å². The maximum absolute atomic E-state index is 11.4. The van der Waals surface area contributed by atoms with E-state index < -0.39 is 11.0 Å². The number of carbonyl (C=O) groups excluding carboxylic acids is 1. The summed E-state index contributed by atoms with van der Waals surface area (Å²) in [6.07, 6.45) is 0. The minimum Gasteiger partial charge on any atom is -0.370 e. The van der Waals surface area contributed by atoms with Gasteiger partial charge in [0.1, 0.15) is 17.7 Å². The van der Waals surface area contributed by atoms with Gasteiger partial charge in [0, 0.05) is 13.6 Å². The van der Waals surface area contributed by atoms with Crippen LogP contribution in [0.4, 0.5) is 17.3 Å². The van der Waals surface area contributed by atoms with Crippen LogP contribution in [0, 0.1) is 10.1 Å². The zero-order valence-electron chi connectivity index (χ0n) is 11.1. The maximum atomic E-state index is 11.4. The summed E-state index contributed by atoms with van der Waals surface area (Å²) in [5.41, 5.74) is -0.0856. The van der Waals surface area contributed by atoms with Crippen molar-refractivity contribution in [2.45, 2.75) is 19.9 Å². The van der Waals surface area contributed by atoms with Crippen LogP contribution in [0.2, 0.25) is 0 Å². The molecular formula is C11H17N5O3. The minimum absolute atomic E-state index is 0.0856. The number of likely N-dealkylation sites (N-methyl/N-ethyl adjacent to an activating group) is 1. The largest absolute Gasteiger partial charge is 0.370 e. The van der Waals surface area contributed by atoms with Crippen molar-refractivity contribution >= 4 is 23.2 Å². The predicted molar refractivity (Wildman–Crippen MR) is 72.2 cm³/mol. The summed E-state index contributed by atoms with van der Waals surface area (Å²) in [4.78, 5) is 25.9. The van der Waals surface area contributed by atoms with Crippen LogP contribution in [0.15, 0.2) is 12.1 Å². The Morgan fingerprint density at radius 2 is 2.11 bits per heavy atom. The van der Waals surface area contributed by atoms with Crippen LogP contribution in [-0.4, -0.2) is 35.4 Å². The molecule has 0 bridgehead atoms. The number of rotatable bonds is 6. The van der Waals surface area contributed by atoms with E-state index in [9.17, 15) is 14.9 Å². The number of nitrogens with zero attached hydrogens (tertiary/aromatic N) is 2. The first-order chi connectivity index (χ1) is 8.97. The molecule has 0 fully saturated rings. The van der Waals surface area contributed by atoms with E-state index in [1.165, 1.54) is 19.2 Å². The first-order valence-corrected chi connectivity index (χ1v) is 5.86. The van der Waals surface area contributed by atoms with Crippen LogP contribution in [0.1, 0.15) is 13.8 Å². The van der Waals surface area contributed by atoms with Gasteiger partial charge in [0.05, 0.1) is 17.1 Å². The number of anilines is 2. The van der Waals surface area contributed by atoms with E-state index in [4.69, 9.17) is 0 Å². The number of hydrogen-bond donors (Lipinski definition) is 3. The van der Waals surface area contributed by atoms with Gasteiger partial charge in [-0.2, -0.15) is 0 Å². The Hall–Kier alpha value is -2.38. The van der Waals surface area contributed by atoms with Crippen molar-refractivity contribution in [1.82, 2.24) is 10.3 Å². The molecule has 0 radical (unpaired) electrons. The molecule has 1 unspecified atom stereocenters. The summed E-state index contributed by atoms with van der Waals surface area (Å²) < 4.78 is 0. The molecule has 1 amide bonds. The molecule has 0 aromatic carbocycles. The van der Waals surface area contributed by atoms with Crippen molar-refractivity contribution in [2.24, 2.45) is 0 Å². The fourth-order valence-corrected chi connectivity index (χ4v) is 1.47. The molecule has 8 nitrogen and oxygen atoms in total. The second-order valence-electron chi connectivity index (χ2n) is 3.86. The van der Waals surface area contributed by atoms with E-state index >= 15 is 0 Å². The number of nitrogens with one attached hydrogen (secondary N) is 3. The molecular weight excluding hydrogens is 250 g/mol. The van der Waals surface area contributed by atoms with E-state index in [1.807, 2.05) is 6.92 Å². The highest BCUT2D eigenvalue weighted by Gasteiger charge is 2.15. The van der Waals surface area contributed by atoms with E-state index in [0.29, 0.717) is 12.4 Å². The normalized spacial score (nSPS) is 11.5. The van der Waals surface area contributed by atoms with E-state index in [-0.39, 0.29) is 17.4 Å². The monoisotopic (exact) mass is 267 g/mol. The highest BCUT2D eigenvalue weighted by atomic mass is 16.6. The molecule has 0 saturated carbocycles. The maximum Gasteiger partial charge on any atom is 0.276 e. The summed E-state index contributed by atoms with van der Waals surface area (Å²) >= 11 is 0. The quantitative estimate of drug-likeness (QED) is 0.523. The Bertz CT molecular complexity index is 477. The van der Waals surface area contributed by atoms with Crippen LogP contribution < -0.4 is 16.0 Å². The van der Waals surface area contributed by atoms with Gasteiger partial charge in [-0.1, -0.05) is 0 Å². The molecule has 0 saturated heterocycles. The Morgan fingerprint density at radius 1 is 1.47 bits per heavy atom. The van der Waals surface area contributed by atoms with Crippen molar-refractivity contribution in [1.29, 1.82) is 0 Å². The summed E-state index contributed by atoms with van der Waals surface area (Å²) in [6, 6.07) is 2.11. The first-order valence-electron chi connectivity index (χ1n) is 5.86. The first kappa shape index (κ1) is 14.7. The lowest BCUT2D eigenvalue weighted by molar-refractivity contribution is -0.384. The molecule has 1 atom stereocenters. The zero-order chi connectivity index (χ0) is 14.4. The average Bonchev–Trinajstić information content (AvgIpc) is 2.37. The van der Waals surface area contributed by atoms with E-state index in [1.54, 1.807) is 6.92 Å². The zero-order valence-corrected chi connectivity index (χ0v) is 11.1. The third kappa shape index (κ3) is 4.09. The fourth-order valence-electron chi connectivity index (χ4n) is 1.47. The van der Waals surface area contributed by atoms with Crippen molar-refractivity contribution in [3.8, 4) is 0 Å². The third-order valence-electron chi connectivity index (χ3n) is 2.38.